The Bertz CT molecular complexity index is 329. The maximum atomic E-state index is 12.3. The van der Waals surface area contributed by atoms with E-state index in [1.807, 2.05) is 6.92 Å². The number of hydrogen-bond donors (Lipinski definition) is 0. The van der Waals surface area contributed by atoms with E-state index in [4.69, 9.17) is 0 Å². The average Bonchev–Trinajstić information content (AvgIpc) is 2.48. The second-order valence-electron chi connectivity index (χ2n) is 5.86. The van der Waals surface area contributed by atoms with Gasteiger partial charge in [0.05, 0.1) is 5.92 Å². The molecular weight excluding hydrogens is 188 g/mol. The molecule has 84 valence electrons. The van der Waals surface area contributed by atoms with Gasteiger partial charge in [-0.05, 0) is 24.2 Å². The highest BCUT2D eigenvalue weighted by molar-refractivity contribution is 6.08. The van der Waals surface area contributed by atoms with Gasteiger partial charge in [0.15, 0.2) is 0 Å². The Morgan fingerprint density at radius 2 is 2.00 bits per heavy atom. The minimum Gasteiger partial charge on any atom is -0.299 e. The van der Waals surface area contributed by atoms with Gasteiger partial charge in [-0.25, -0.2) is 0 Å². The zero-order valence-corrected chi connectivity index (χ0v) is 10.1. The van der Waals surface area contributed by atoms with Crippen molar-refractivity contribution in [1.29, 1.82) is 0 Å². The van der Waals surface area contributed by atoms with Gasteiger partial charge in [-0.15, -0.1) is 0 Å². The monoisotopic (exact) mass is 208 g/mol. The Hall–Kier alpha value is -0.660. The van der Waals surface area contributed by atoms with Crippen LogP contribution in [0, 0.1) is 22.7 Å². The summed E-state index contributed by atoms with van der Waals surface area (Å²) in [5, 5.41) is 0. The minimum absolute atomic E-state index is 0.0135. The molecule has 2 fully saturated rings. The Balaban J connectivity index is 2.42. The molecule has 0 unspecified atom stereocenters. The summed E-state index contributed by atoms with van der Waals surface area (Å²) in [5.41, 5.74) is -0.229. The van der Waals surface area contributed by atoms with Crippen LogP contribution in [0.25, 0.3) is 0 Å². The van der Waals surface area contributed by atoms with E-state index in [2.05, 4.69) is 20.8 Å². The highest BCUT2D eigenvalue weighted by atomic mass is 16.2. The SMILES string of the molecule is CCC(=O)[C@@H]1C(=O)[C@]2(C)CC[C@@H]1C2(C)C. The lowest BCUT2D eigenvalue weighted by atomic mass is 9.70. The van der Waals surface area contributed by atoms with Gasteiger partial charge in [0.1, 0.15) is 11.6 Å². The fraction of sp³-hybridized carbons (Fsp3) is 0.846. The molecule has 2 rings (SSSR count). The third kappa shape index (κ3) is 1.05. The van der Waals surface area contributed by atoms with E-state index in [0.29, 0.717) is 12.3 Å². The lowest BCUT2D eigenvalue weighted by molar-refractivity contribution is -0.137. The topological polar surface area (TPSA) is 34.1 Å². The summed E-state index contributed by atoms with van der Waals surface area (Å²) in [7, 11) is 0. The predicted octanol–water partition coefficient (Wildman–Crippen LogP) is 2.61. The Labute approximate surface area is 91.4 Å². The molecule has 0 saturated heterocycles. The van der Waals surface area contributed by atoms with Gasteiger partial charge in [-0.2, -0.15) is 0 Å². The molecule has 0 aromatic rings. The number of rotatable bonds is 2. The molecule has 0 aromatic carbocycles. The quantitative estimate of drug-likeness (QED) is 0.654. The molecule has 0 radical (unpaired) electrons. The number of carbonyl (C=O) groups excluding carboxylic acids is 2. The Morgan fingerprint density at radius 3 is 2.40 bits per heavy atom. The molecule has 2 bridgehead atoms. The third-order valence-electron chi connectivity index (χ3n) is 5.23. The molecule has 2 aliphatic carbocycles. The highest BCUT2D eigenvalue weighted by Crippen LogP contribution is 2.65. The zero-order valence-electron chi connectivity index (χ0n) is 10.1. The first-order valence-corrected chi connectivity index (χ1v) is 5.93. The van der Waals surface area contributed by atoms with Crippen molar-refractivity contribution in [1.82, 2.24) is 0 Å². The zero-order chi connectivity index (χ0) is 11.4. The van der Waals surface area contributed by atoms with Crippen LogP contribution in [0.1, 0.15) is 47.0 Å². The first-order valence-electron chi connectivity index (χ1n) is 5.93. The van der Waals surface area contributed by atoms with Crippen molar-refractivity contribution in [3.8, 4) is 0 Å². The van der Waals surface area contributed by atoms with Gasteiger partial charge >= 0.3 is 0 Å². The molecule has 0 heterocycles. The van der Waals surface area contributed by atoms with Crippen molar-refractivity contribution < 1.29 is 9.59 Å². The number of fused-ring (bicyclic) bond motifs is 2. The van der Waals surface area contributed by atoms with E-state index < -0.39 is 0 Å². The van der Waals surface area contributed by atoms with Crippen LogP contribution >= 0.6 is 0 Å². The first kappa shape index (κ1) is 10.8. The van der Waals surface area contributed by atoms with Crippen LogP contribution in [-0.4, -0.2) is 11.6 Å². The molecular formula is C13H20O2. The summed E-state index contributed by atoms with van der Waals surface area (Å²) in [5.74, 6) is 0.378. The summed E-state index contributed by atoms with van der Waals surface area (Å²) < 4.78 is 0. The van der Waals surface area contributed by atoms with Crippen LogP contribution in [0.2, 0.25) is 0 Å². The van der Waals surface area contributed by atoms with Crippen molar-refractivity contribution >= 4 is 11.6 Å². The van der Waals surface area contributed by atoms with E-state index in [9.17, 15) is 9.59 Å². The minimum atomic E-state index is -0.288. The standard InChI is InChI=1S/C13H20O2/c1-5-9(14)10-8-6-7-13(4,11(10)15)12(8,2)3/h8,10H,5-7H2,1-4H3/t8-,10+,13-/m0/s1. The first-order chi connectivity index (χ1) is 6.86. The summed E-state index contributed by atoms with van der Waals surface area (Å²) in [6.07, 6.45) is 2.52. The van der Waals surface area contributed by atoms with Gasteiger partial charge in [0, 0.05) is 11.8 Å². The molecule has 0 aromatic heterocycles. The summed E-state index contributed by atoms with van der Waals surface area (Å²) in [4.78, 5) is 24.1. The highest BCUT2D eigenvalue weighted by Gasteiger charge is 2.67. The van der Waals surface area contributed by atoms with Crippen LogP contribution in [0.3, 0.4) is 0 Å². The maximum absolute atomic E-state index is 12.3. The second-order valence-corrected chi connectivity index (χ2v) is 5.86. The molecule has 2 heteroatoms. The summed E-state index contributed by atoms with van der Waals surface area (Å²) >= 11 is 0. The van der Waals surface area contributed by atoms with Gasteiger partial charge in [-0.3, -0.25) is 9.59 Å². The molecule has 15 heavy (non-hydrogen) atoms. The van der Waals surface area contributed by atoms with Crippen LogP contribution in [0.4, 0.5) is 0 Å². The average molecular weight is 208 g/mol. The number of carbonyl (C=O) groups is 2. The lowest BCUT2D eigenvalue weighted by Gasteiger charge is -2.32. The Kier molecular flexibility index (Phi) is 2.12. The van der Waals surface area contributed by atoms with E-state index in [0.717, 1.165) is 12.8 Å². The van der Waals surface area contributed by atoms with Gasteiger partial charge in [0.25, 0.3) is 0 Å². The molecule has 2 nitrogen and oxygen atoms in total. The van der Waals surface area contributed by atoms with Gasteiger partial charge < -0.3 is 0 Å². The summed E-state index contributed by atoms with van der Waals surface area (Å²) in [6.45, 7) is 8.23. The van der Waals surface area contributed by atoms with Crippen LogP contribution in [0.5, 0.6) is 0 Å². The molecule has 2 saturated carbocycles. The smallest absolute Gasteiger partial charge is 0.150 e. The van der Waals surface area contributed by atoms with Crippen LogP contribution < -0.4 is 0 Å². The Morgan fingerprint density at radius 1 is 1.40 bits per heavy atom. The number of ketones is 2. The van der Waals surface area contributed by atoms with Crippen LogP contribution in [-0.2, 0) is 9.59 Å². The third-order valence-corrected chi connectivity index (χ3v) is 5.23. The van der Waals surface area contributed by atoms with E-state index in [1.165, 1.54) is 0 Å². The van der Waals surface area contributed by atoms with Crippen molar-refractivity contribution in [3.63, 3.8) is 0 Å². The van der Waals surface area contributed by atoms with Crippen molar-refractivity contribution in [3.05, 3.63) is 0 Å². The van der Waals surface area contributed by atoms with E-state index >= 15 is 0 Å². The van der Waals surface area contributed by atoms with Crippen LogP contribution in [0.15, 0.2) is 0 Å². The predicted molar refractivity (Wildman–Crippen MR) is 58.4 cm³/mol. The molecule has 0 amide bonds. The van der Waals surface area contributed by atoms with Crippen molar-refractivity contribution in [2.24, 2.45) is 22.7 Å². The van der Waals surface area contributed by atoms with E-state index in [-0.39, 0.29) is 28.3 Å². The fourth-order valence-corrected chi connectivity index (χ4v) is 3.68. The molecule has 2 aliphatic rings. The summed E-state index contributed by atoms with van der Waals surface area (Å²) in [6, 6.07) is 0. The fourth-order valence-electron chi connectivity index (χ4n) is 3.68. The van der Waals surface area contributed by atoms with Crippen molar-refractivity contribution in [2.45, 2.75) is 47.0 Å². The van der Waals surface area contributed by atoms with Gasteiger partial charge in [0.2, 0.25) is 0 Å². The molecule has 0 aliphatic heterocycles. The largest absolute Gasteiger partial charge is 0.299 e. The number of hydrogen-bond acceptors (Lipinski definition) is 2. The molecule has 3 atom stereocenters. The number of Topliss-reactive ketones (excluding diaryl/α,β-unsaturated/α-hetero) is 2. The molecule has 0 spiro atoms. The lowest BCUT2D eigenvalue weighted by Crippen LogP contribution is -2.35. The molecule has 0 N–H and O–H groups in total. The van der Waals surface area contributed by atoms with Crippen molar-refractivity contribution in [2.75, 3.05) is 0 Å². The van der Waals surface area contributed by atoms with E-state index in [1.54, 1.807) is 0 Å². The van der Waals surface area contributed by atoms with Gasteiger partial charge in [-0.1, -0.05) is 27.7 Å². The maximum Gasteiger partial charge on any atom is 0.150 e. The second kappa shape index (κ2) is 2.93. The normalized spacial score (nSPS) is 42.3.